The number of benzene rings is 2. The van der Waals surface area contributed by atoms with E-state index >= 15 is 0 Å². The number of rotatable bonds is 7. The number of nitrogens with one attached hydrogen (secondary N) is 1. The third kappa shape index (κ3) is 5.33. The molecule has 1 N–H and O–H groups in total. The van der Waals surface area contributed by atoms with Crippen molar-refractivity contribution in [2.24, 2.45) is 0 Å². The number of aryl methyl sites for hydroxylation is 2. The Morgan fingerprint density at radius 3 is 2.70 bits per heavy atom. The number of hydrogen-bond donors (Lipinski definition) is 1. The highest BCUT2D eigenvalue weighted by molar-refractivity contribution is 5.78. The summed E-state index contributed by atoms with van der Waals surface area (Å²) in [5, 5.41) is 2.86. The lowest BCUT2D eigenvalue weighted by molar-refractivity contribution is -0.120. The zero-order valence-electron chi connectivity index (χ0n) is 13.9. The zero-order chi connectivity index (χ0) is 16.7. The normalized spacial score (nSPS) is 10.2. The van der Waals surface area contributed by atoms with Gasteiger partial charge in [0.05, 0.1) is 20.1 Å². The molecule has 2 rings (SSSR count). The number of methoxy groups -OCH3 is 1. The van der Waals surface area contributed by atoms with Crippen molar-refractivity contribution in [3.05, 3.63) is 59.2 Å². The van der Waals surface area contributed by atoms with Crippen LogP contribution >= 0.6 is 0 Å². The molecule has 122 valence electrons. The molecular weight excluding hydrogens is 290 g/mol. The van der Waals surface area contributed by atoms with Crippen LogP contribution in [0.1, 0.15) is 16.7 Å². The van der Waals surface area contributed by atoms with E-state index in [1.807, 2.05) is 43.3 Å². The maximum atomic E-state index is 11.9. The molecule has 0 aliphatic rings. The Bertz CT molecular complexity index is 667. The number of carbonyl (C=O) groups is 1. The Morgan fingerprint density at radius 2 is 1.96 bits per heavy atom. The third-order valence-corrected chi connectivity index (χ3v) is 3.51. The van der Waals surface area contributed by atoms with Gasteiger partial charge in [0, 0.05) is 0 Å². The summed E-state index contributed by atoms with van der Waals surface area (Å²) in [6.45, 7) is 5.00. The van der Waals surface area contributed by atoms with Crippen LogP contribution in [0.2, 0.25) is 0 Å². The molecule has 0 aliphatic carbocycles. The van der Waals surface area contributed by atoms with Crippen LogP contribution in [0.4, 0.5) is 0 Å². The molecule has 4 heteroatoms. The Kier molecular flexibility index (Phi) is 6.03. The number of amides is 1. The van der Waals surface area contributed by atoms with Crippen LogP contribution in [0.3, 0.4) is 0 Å². The standard InChI is InChI=1S/C19H23NO3/c1-14-7-8-18(15(2)11-14)23-10-9-20-19(21)13-16-5-4-6-17(12-16)22-3/h4-8,11-12H,9-10,13H2,1-3H3,(H,20,21). The molecule has 2 aromatic rings. The van der Waals surface area contributed by atoms with Crippen molar-refractivity contribution >= 4 is 5.91 Å². The van der Waals surface area contributed by atoms with Gasteiger partial charge in [0.25, 0.3) is 0 Å². The van der Waals surface area contributed by atoms with Gasteiger partial charge in [-0.2, -0.15) is 0 Å². The van der Waals surface area contributed by atoms with Crippen molar-refractivity contribution in [1.29, 1.82) is 0 Å². The second-order valence-electron chi connectivity index (χ2n) is 5.50. The maximum absolute atomic E-state index is 11.9. The molecule has 0 atom stereocenters. The van der Waals surface area contributed by atoms with Crippen molar-refractivity contribution in [1.82, 2.24) is 5.32 Å². The lowest BCUT2D eigenvalue weighted by Gasteiger charge is -2.10. The molecule has 4 nitrogen and oxygen atoms in total. The minimum Gasteiger partial charge on any atom is -0.497 e. The number of hydrogen-bond acceptors (Lipinski definition) is 3. The van der Waals surface area contributed by atoms with Crippen molar-refractivity contribution in [3.8, 4) is 11.5 Å². The van der Waals surface area contributed by atoms with Crippen LogP contribution in [0, 0.1) is 13.8 Å². The topological polar surface area (TPSA) is 47.6 Å². The molecule has 0 radical (unpaired) electrons. The van der Waals surface area contributed by atoms with Crippen LogP contribution in [0.5, 0.6) is 11.5 Å². The number of carbonyl (C=O) groups excluding carboxylic acids is 1. The summed E-state index contributed by atoms with van der Waals surface area (Å²) in [5.74, 6) is 1.59. The first-order valence-corrected chi connectivity index (χ1v) is 7.68. The molecule has 2 aromatic carbocycles. The average molecular weight is 313 g/mol. The van der Waals surface area contributed by atoms with E-state index in [1.54, 1.807) is 7.11 Å². The fraction of sp³-hybridized carbons (Fsp3) is 0.316. The fourth-order valence-corrected chi connectivity index (χ4v) is 2.34. The van der Waals surface area contributed by atoms with Gasteiger partial charge in [0.1, 0.15) is 18.1 Å². The zero-order valence-corrected chi connectivity index (χ0v) is 13.9. The molecule has 0 spiro atoms. The van der Waals surface area contributed by atoms with Gasteiger partial charge < -0.3 is 14.8 Å². The summed E-state index contributed by atoms with van der Waals surface area (Å²) >= 11 is 0. The van der Waals surface area contributed by atoms with Gasteiger partial charge >= 0.3 is 0 Å². The van der Waals surface area contributed by atoms with Gasteiger partial charge in [-0.1, -0.05) is 29.8 Å². The molecule has 1 amide bonds. The van der Waals surface area contributed by atoms with Crippen LogP contribution in [-0.4, -0.2) is 26.2 Å². The van der Waals surface area contributed by atoms with Crippen LogP contribution in [-0.2, 0) is 11.2 Å². The predicted molar refractivity (Wildman–Crippen MR) is 91.1 cm³/mol. The smallest absolute Gasteiger partial charge is 0.224 e. The SMILES string of the molecule is COc1cccc(CC(=O)NCCOc2ccc(C)cc2C)c1. The minimum absolute atomic E-state index is 0.0255. The van der Waals surface area contributed by atoms with Gasteiger partial charge in [0.2, 0.25) is 5.91 Å². The van der Waals surface area contributed by atoms with E-state index < -0.39 is 0 Å². The lowest BCUT2D eigenvalue weighted by Crippen LogP contribution is -2.29. The van der Waals surface area contributed by atoms with E-state index in [0.29, 0.717) is 19.6 Å². The highest BCUT2D eigenvalue weighted by atomic mass is 16.5. The van der Waals surface area contributed by atoms with Crippen molar-refractivity contribution in [2.45, 2.75) is 20.3 Å². The lowest BCUT2D eigenvalue weighted by atomic mass is 10.1. The maximum Gasteiger partial charge on any atom is 0.224 e. The first-order chi connectivity index (χ1) is 11.1. The van der Waals surface area contributed by atoms with Gasteiger partial charge in [0.15, 0.2) is 0 Å². The first-order valence-electron chi connectivity index (χ1n) is 7.68. The van der Waals surface area contributed by atoms with Crippen LogP contribution in [0.15, 0.2) is 42.5 Å². The van der Waals surface area contributed by atoms with E-state index in [0.717, 1.165) is 22.6 Å². The van der Waals surface area contributed by atoms with E-state index in [1.165, 1.54) is 5.56 Å². The average Bonchev–Trinajstić information content (AvgIpc) is 2.53. The molecule has 0 unspecified atom stereocenters. The molecule has 0 heterocycles. The molecule has 0 saturated carbocycles. The Balaban J connectivity index is 1.74. The highest BCUT2D eigenvalue weighted by Gasteiger charge is 2.05. The minimum atomic E-state index is -0.0255. The summed E-state index contributed by atoms with van der Waals surface area (Å²) < 4.78 is 10.8. The molecule has 0 bridgehead atoms. The molecule has 0 aromatic heterocycles. The van der Waals surface area contributed by atoms with E-state index in [4.69, 9.17) is 9.47 Å². The summed E-state index contributed by atoms with van der Waals surface area (Å²) in [5.41, 5.74) is 3.24. The summed E-state index contributed by atoms with van der Waals surface area (Å²) in [7, 11) is 1.61. The summed E-state index contributed by atoms with van der Waals surface area (Å²) in [6.07, 6.45) is 0.334. The quantitative estimate of drug-likeness (QED) is 0.799. The Morgan fingerprint density at radius 1 is 1.13 bits per heavy atom. The molecule has 23 heavy (non-hydrogen) atoms. The number of ether oxygens (including phenoxy) is 2. The fourth-order valence-electron chi connectivity index (χ4n) is 2.34. The van der Waals surface area contributed by atoms with E-state index in [2.05, 4.69) is 18.3 Å². The second-order valence-corrected chi connectivity index (χ2v) is 5.50. The predicted octanol–water partition coefficient (Wildman–Crippen LogP) is 3.05. The van der Waals surface area contributed by atoms with Gasteiger partial charge in [-0.15, -0.1) is 0 Å². The third-order valence-electron chi connectivity index (χ3n) is 3.51. The van der Waals surface area contributed by atoms with Gasteiger partial charge in [-0.25, -0.2) is 0 Å². The van der Waals surface area contributed by atoms with E-state index in [9.17, 15) is 4.79 Å². The Labute approximate surface area is 137 Å². The highest BCUT2D eigenvalue weighted by Crippen LogP contribution is 2.18. The van der Waals surface area contributed by atoms with E-state index in [-0.39, 0.29) is 5.91 Å². The van der Waals surface area contributed by atoms with Gasteiger partial charge in [-0.3, -0.25) is 4.79 Å². The van der Waals surface area contributed by atoms with Crippen molar-refractivity contribution < 1.29 is 14.3 Å². The molecule has 0 fully saturated rings. The second kappa shape index (κ2) is 8.22. The van der Waals surface area contributed by atoms with Crippen molar-refractivity contribution in [3.63, 3.8) is 0 Å². The van der Waals surface area contributed by atoms with Crippen molar-refractivity contribution in [2.75, 3.05) is 20.3 Å². The monoisotopic (exact) mass is 313 g/mol. The molecule has 0 aliphatic heterocycles. The summed E-state index contributed by atoms with van der Waals surface area (Å²) in [6, 6.07) is 13.6. The van der Waals surface area contributed by atoms with Crippen LogP contribution in [0.25, 0.3) is 0 Å². The summed E-state index contributed by atoms with van der Waals surface area (Å²) in [4.78, 5) is 11.9. The molecule has 0 saturated heterocycles. The molecular formula is C19H23NO3. The Hall–Kier alpha value is -2.49. The largest absolute Gasteiger partial charge is 0.497 e. The first kappa shape index (κ1) is 16.9. The van der Waals surface area contributed by atoms with Crippen LogP contribution < -0.4 is 14.8 Å². The van der Waals surface area contributed by atoms with Gasteiger partial charge in [-0.05, 0) is 43.2 Å².